The Morgan fingerprint density at radius 3 is 2.55 bits per heavy atom. The zero-order valence-corrected chi connectivity index (χ0v) is 16.6. The molecule has 0 aliphatic carbocycles. The highest BCUT2D eigenvalue weighted by atomic mass is 16.5. The highest BCUT2D eigenvalue weighted by Crippen LogP contribution is 2.39. The molecule has 5 nitrogen and oxygen atoms in total. The van der Waals surface area contributed by atoms with E-state index in [0.717, 1.165) is 47.0 Å². The van der Waals surface area contributed by atoms with E-state index in [-0.39, 0.29) is 6.04 Å². The number of nitrogens with zero attached hydrogens (tertiary/aromatic N) is 1. The number of nitrogens with one attached hydrogen (secondary N) is 1. The van der Waals surface area contributed by atoms with Crippen molar-refractivity contribution in [1.82, 2.24) is 0 Å². The van der Waals surface area contributed by atoms with E-state index in [1.807, 2.05) is 66.7 Å². The Morgan fingerprint density at radius 2 is 1.79 bits per heavy atom. The van der Waals surface area contributed by atoms with Crippen molar-refractivity contribution < 1.29 is 14.3 Å². The molecule has 1 heterocycles. The zero-order chi connectivity index (χ0) is 20.2. The summed E-state index contributed by atoms with van der Waals surface area (Å²) in [6.07, 6.45) is 1.68. The molecule has 0 bridgehead atoms. The van der Waals surface area contributed by atoms with Gasteiger partial charge in [0.15, 0.2) is 5.75 Å². The zero-order valence-electron chi connectivity index (χ0n) is 16.6. The van der Waals surface area contributed by atoms with Crippen molar-refractivity contribution in [2.45, 2.75) is 19.4 Å². The van der Waals surface area contributed by atoms with Gasteiger partial charge >= 0.3 is 0 Å². The number of rotatable bonds is 6. The molecule has 3 aromatic rings. The van der Waals surface area contributed by atoms with E-state index >= 15 is 0 Å². The van der Waals surface area contributed by atoms with Crippen molar-refractivity contribution in [3.8, 4) is 17.2 Å². The summed E-state index contributed by atoms with van der Waals surface area (Å²) in [6.45, 7) is 2.69. The minimum atomic E-state index is 0.0647. The number of aryl methyl sites for hydroxylation is 1. The van der Waals surface area contributed by atoms with Gasteiger partial charge in [0.2, 0.25) is 6.41 Å². The summed E-state index contributed by atoms with van der Waals surface area (Å²) in [5.74, 6) is 2.30. The van der Waals surface area contributed by atoms with Gasteiger partial charge < -0.3 is 19.7 Å². The van der Waals surface area contributed by atoms with Crippen LogP contribution in [0, 0.1) is 6.92 Å². The molecule has 0 spiro atoms. The van der Waals surface area contributed by atoms with Crippen LogP contribution >= 0.6 is 0 Å². The van der Waals surface area contributed by atoms with Crippen LogP contribution in [0.25, 0.3) is 0 Å². The molecule has 0 saturated carbocycles. The molecule has 148 valence electrons. The molecular formula is C24H24N2O3. The molecule has 0 fully saturated rings. The molecular weight excluding hydrogens is 364 g/mol. The Hall–Kier alpha value is -3.47. The average Bonchev–Trinajstić information content (AvgIpc) is 2.76. The van der Waals surface area contributed by atoms with Crippen LogP contribution in [0.1, 0.15) is 23.6 Å². The maximum Gasteiger partial charge on any atom is 0.214 e. The number of anilines is 2. The number of hydrogen-bond acceptors (Lipinski definition) is 4. The van der Waals surface area contributed by atoms with Gasteiger partial charge in [-0.25, -0.2) is 0 Å². The molecule has 1 amide bonds. The number of carbonyl (C=O) groups is 1. The van der Waals surface area contributed by atoms with Crippen LogP contribution in [0.5, 0.6) is 17.2 Å². The normalized spacial score (nSPS) is 15.4. The Balaban J connectivity index is 1.62. The van der Waals surface area contributed by atoms with E-state index in [1.54, 1.807) is 12.0 Å². The Kier molecular flexibility index (Phi) is 5.38. The molecule has 4 rings (SSSR count). The Bertz CT molecular complexity index is 1000. The number of methoxy groups -OCH3 is 1. The molecule has 29 heavy (non-hydrogen) atoms. The van der Waals surface area contributed by atoms with Crippen LogP contribution in [-0.4, -0.2) is 20.1 Å². The second-order valence-electron chi connectivity index (χ2n) is 7.12. The lowest BCUT2D eigenvalue weighted by atomic mass is 9.96. The predicted octanol–water partition coefficient (Wildman–Crippen LogP) is 5.32. The first-order valence-corrected chi connectivity index (χ1v) is 9.68. The third kappa shape index (κ3) is 4.04. The molecule has 3 aromatic carbocycles. The van der Waals surface area contributed by atoms with E-state index in [0.29, 0.717) is 6.54 Å². The summed E-state index contributed by atoms with van der Waals surface area (Å²) >= 11 is 0. The lowest BCUT2D eigenvalue weighted by molar-refractivity contribution is -0.107. The topological polar surface area (TPSA) is 50.8 Å². The van der Waals surface area contributed by atoms with Crippen LogP contribution in [0.3, 0.4) is 0 Å². The van der Waals surface area contributed by atoms with Gasteiger partial charge in [0, 0.05) is 12.6 Å². The number of benzene rings is 3. The fourth-order valence-electron chi connectivity index (χ4n) is 3.59. The first-order valence-electron chi connectivity index (χ1n) is 9.68. The van der Waals surface area contributed by atoms with E-state index in [1.165, 1.54) is 5.56 Å². The molecule has 0 saturated heterocycles. The van der Waals surface area contributed by atoms with E-state index < -0.39 is 0 Å². The third-order valence-corrected chi connectivity index (χ3v) is 5.17. The summed E-state index contributed by atoms with van der Waals surface area (Å²) in [4.78, 5) is 13.2. The van der Waals surface area contributed by atoms with Crippen molar-refractivity contribution >= 4 is 17.8 Å². The number of para-hydroxylation sites is 2. The molecule has 1 unspecified atom stereocenters. The molecule has 1 aliphatic heterocycles. The lowest BCUT2D eigenvalue weighted by Crippen LogP contribution is -2.32. The van der Waals surface area contributed by atoms with Crippen molar-refractivity contribution in [3.05, 3.63) is 77.9 Å². The summed E-state index contributed by atoms with van der Waals surface area (Å²) in [5.41, 5.74) is 4.05. The third-order valence-electron chi connectivity index (χ3n) is 5.17. The molecule has 1 atom stereocenters. The van der Waals surface area contributed by atoms with Gasteiger partial charge in [-0.3, -0.25) is 4.79 Å². The summed E-state index contributed by atoms with van der Waals surface area (Å²) in [7, 11) is 1.63. The van der Waals surface area contributed by atoms with Gasteiger partial charge in [-0.05, 0) is 49.2 Å². The maximum atomic E-state index is 11.5. The van der Waals surface area contributed by atoms with Crippen LogP contribution in [0.4, 0.5) is 11.4 Å². The number of hydrogen-bond donors (Lipinski definition) is 1. The van der Waals surface area contributed by atoms with Gasteiger partial charge in [-0.1, -0.05) is 35.9 Å². The standard InChI is InChI=1S/C24H24N2O3/c1-17-7-9-18(10-8-17)29-24-6-4-3-5-22(24)25-21-13-14-26(16-27)23-15-19(28-2)11-12-20(21)23/h3-12,15-16,21,25H,13-14H2,1-2H3. The van der Waals surface area contributed by atoms with Crippen LogP contribution in [-0.2, 0) is 4.79 Å². The van der Waals surface area contributed by atoms with Crippen molar-refractivity contribution in [3.63, 3.8) is 0 Å². The van der Waals surface area contributed by atoms with E-state index in [2.05, 4.69) is 12.2 Å². The number of ether oxygens (including phenoxy) is 2. The average molecular weight is 388 g/mol. The predicted molar refractivity (Wildman–Crippen MR) is 115 cm³/mol. The summed E-state index contributed by atoms with van der Waals surface area (Å²) < 4.78 is 11.5. The molecule has 0 radical (unpaired) electrons. The van der Waals surface area contributed by atoms with Gasteiger partial charge in [0.25, 0.3) is 0 Å². The van der Waals surface area contributed by atoms with Crippen molar-refractivity contribution in [2.24, 2.45) is 0 Å². The van der Waals surface area contributed by atoms with Gasteiger partial charge in [-0.2, -0.15) is 0 Å². The highest BCUT2D eigenvalue weighted by molar-refractivity contribution is 5.80. The van der Waals surface area contributed by atoms with Crippen LogP contribution in [0.15, 0.2) is 66.7 Å². The molecule has 0 aromatic heterocycles. The minimum Gasteiger partial charge on any atom is -0.497 e. The second-order valence-corrected chi connectivity index (χ2v) is 7.12. The minimum absolute atomic E-state index is 0.0647. The molecule has 1 N–H and O–H groups in total. The monoisotopic (exact) mass is 388 g/mol. The van der Waals surface area contributed by atoms with Crippen LogP contribution < -0.4 is 19.7 Å². The fraction of sp³-hybridized carbons (Fsp3) is 0.208. The number of amides is 1. The van der Waals surface area contributed by atoms with E-state index in [4.69, 9.17) is 9.47 Å². The molecule has 1 aliphatic rings. The number of fused-ring (bicyclic) bond motifs is 1. The van der Waals surface area contributed by atoms with Crippen LogP contribution in [0.2, 0.25) is 0 Å². The largest absolute Gasteiger partial charge is 0.497 e. The smallest absolute Gasteiger partial charge is 0.214 e. The molecule has 5 heteroatoms. The first kappa shape index (κ1) is 18.9. The van der Waals surface area contributed by atoms with Crippen molar-refractivity contribution in [2.75, 3.05) is 23.9 Å². The van der Waals surface area contributed by atoms with Gasteiger partial charge in [-0.15, -0.1) is 0 Å². The highest BCUT2D eigenvalue weighted by Gasteiger charge is 2.26. The summed E-state index contributed by atoms with van der Waals surface area (Å²) in [5, 5.41) is 3.61. The number of carbonyl (C=O) groups excluding carboxylic acids is 1. The van der Waals surface area contributed by atoms with Crippen molar-refractivity contribution in [1.29, 1.82) is 0 Å². The quantitative estimate of drug-likeness (QED) is 0.581. The SMILES string of the molecule is COc1ccc2c(c1)N(C=O)CCC2Nc1ccccc1Oc1ccc(C)cc1. The maximum absolute atomic E-state index is 11.5. The summed E-state index contributed by atoms with van der Waals surface area (Å²) in [6, 6.07) is 21.8. The van der Waals surface area contributed by atoms with Gasteiger partial charge in [0.1, 0.15) is 11.5 Å². The lowest BCUT2D eigenvalue weighted by Gasteiger charge is -2.33. The van der Waals surface area contributed by atoms with E-state index in [9.17, 15) is 4.79 Å². The Morgan fingerprint density at radius 1 is 1.03 bits per heavy atom. The first-order chi connectivity index (χ1) is 14.2. The fourth-order valence-corrected chi connectivity index (χ4v) is 3.59. The Labute approximate surface area is 170 Å². The second kappa shape index (κ2) is 8.27. The van der Waals surface area contributed by atoms with Gasteiger partial charge in [0.05, 0.1) is 24.5 Å².